The number of sulfonamides is 1. The quantitative estimate of drug-likeness (QED) is 0.555. The number of hydrogen-bond donors (Lipinski definition) is 0. The van der Waals surface area contributed by atoms with Crippen LogP contribution in [-0.4, -0.2) is 38.7 Å². The van der Waals surface area contributed by atoms with Crippen LogP contribution in [0, 0.1) is 0 Å². The Kier molecular flexibility index (Phi) is 4.90. The van der Waals surface area contributed by atoms with Crippen molar-refractivity contribution in [3.8, 4) is 17.0 Å². The molecule has 0 bridgehead atoms. The van der Waals surface area contributed by atoms with E-state index in [2.05, 4.69) is 15.0 Å². The second-order valence-electron chi connectivity index (χ2n) is 7.46. The van der Waals surface area contributed by atoms with Crippen molar-refractivity contribution in [1.29, 1.82) is 0 Å². The van der Waals surface area contributed by atoms with Crippen LogP contribution >= 0.6 is 0 Å². The first-order valence-electron chi connectivity index (χ1n) is 9.99. The van der Waals surface area contributed by atoms with E-state index in [1.165, 1.54) is 16.4 Å². The fraction of sp³-hybridized carbons (Fsp3) is 0.174. The zero-order valence-electron chi connectivity index (χ0n) is 17.2. The second-order valence-corrected chi connectivity index (χ2v) is 9.32. The third kappa shape index (κ3) is 3.50. The fourth-order valence-corrected chi connectivity index (χ4v) is 5.36. The summed E-state index contributed by atoms with van der Waals surface area (Å²) in [4.78, 5) is 20.4. The van der Waals surface area contributed by atoms with Crippen LogP contribution in [0.15, 0.2) is 70.8 Å². The van der Waals surface area contributed by atoms with Crippen LogP contribution in [0.4, 0.5) is 5.69 Å². The summed E-state index contributed by atoms with van der Waals surface area (Å²) in [5.74, 6) is 0.256. The molecule has 2 aromatic carbocycles. The number of rotatable bonds is 5. The molecule has 0 aliphatic carbocycles. The van der Waals surface area contributed by atoms with Gasteiger partial charge in [0.2, 0.25) is 0 Å². The Morgan fingerprint density at radius 2 is 1.81 bits per heavy atom. The molecule has 0 spiro atoms. The van der Waals surface area contributed by atoms with E-state index in [-0.39, 0.29) is 11.3 Å². The lowest BCUT2D eigenvalue weighted by atomic mass is 10.1. The molecule has 0 amide bonds. The van der Waals surface area contributed by atoms with Crippen molar-refractivity contribution < 1.29 is 22.8 Å². The Bertz CT molecular complexity index is 1330. The van der Waals surface area contributed by atoms with Crippen LogP contribution < -0.4 is 9.04 Å². The number of ether oxygens (including phenoxy) is 1. The van der Waals surface area contributed by atoms with Gasteiger partial charge in [0.1, 0.15) is 5.75 Å². The first-order chi connectivity index (χ1) is 15.5. The second kappa shape index (κ2) is 7.76. The molecule has 0 saturated heterocycles. The van der Waals surface area contributed by atoms with Gasteiger partial charge in [-0.05, 0) is 48.4 Å². The van der Waals surface area contributed by atoms with Gasteiger partial charge in [0, 0.05) is 17.7 Å². The summed E-state index contributed by atoms with van der Waals surface area (Å²) in [6.07, 6.45) is 2.35. The summed E-state index contributed by atoms with van der Waals surface area (Å²) >= 11 is 0. The number of pyridine rings is 1. The predicted molar refractivity (Wildman–Crippen MR) is 118 cm³/mol. The molecule has 2 aliphatic rings. The Morgan fingerprint density at radius 3 is 2.47 bits per heavy atom. The van der Waals surface area contributed by atoms with Gasteiger partial charge in [-0.3, -0.25) is 9.29 Å². The van der Waals surface area contributed by atoms with E-state index in [1.807, 2.05) is 30.3 Å². The van der Waals surface area contributed by atoms with Crippen LogP contribution in [0.1, 0.15) is 17.5 Å². The molecule has 162 valence electrons. The lowest BCUT2D eigenvalue weighted by Gasteiger charge is -2.20. The summed E-state index contributed by atoms with van der Waals surface area (Å²) in [7, 11) is -2.14. The summed E-state index contributed by atoms with van der Waals surface area (Å²) in [5, 5.41) is 3.72. The maximum absolute atomic E-state index is 13.3. The minimum atomic E-state index is -3.73. The van der Waals surface area contributed by atoms with Crippen LogP contribution in [0.5, 0.6) is 5.75 Å². The van der Waals surface area contributed by atoms with Crippen molar-refractivity contribution in [1.82, 2.24) is 4.98 Å². The van der Waals surface area contributed by atoms with E-state index >= 15 is 0 Å². The lowest BCUT2D eigenvalue weighted by molar-refractivity contribution is -0.140. The molecular weight excluding hydrogens is 430 g/mol. The van der Waals surface area contributed by atoms with E-state index in [0.717, 1.165) is 16.8 Å². The molecule has 5 rings (SSSR count). The van der Waals surface area contributed by atoms with Gasteiger partial charge >= 0.3 is 5.97 Å². The van der Waals surface area contributed by atoms with E-state index in [0.29, 0.717) is 35.7 Å². The SMILES string of the molecule is COc1ccc(-c2ccc3c(c2)CCN3S(=O)(=O)c2ccc(C3=NOC(=O)C3)cc2)nc1. The standard InChI is InChI=1S/C23H19N3O5S/c1-30-18-5-8-20(24-14-18)16-4-9-22-17(12-16)10-11-26(22)32(28,29)19-6-2-15(3-7-19)21-13-23(27)31-25-21/h2-9,12,14H,10-11,13H2,1H3. The zero-order valence-corrected chi connectivity index (χ0v) is 18.0. The number of fused-ring (bicyclic) bond motifs is 1. The number of aromatic nitrogens is 1. The van der Waals surface area contributed by atoms with Gasteiger partial charge in [0.25, 0.3) is 10.0 Å². The molecule has 8 nitrogen and oxygen atoms in total. The smallest absolute Gasteiger partial charge is 0.341 e. The van der Waals surface area contributed by atoms with Crippen molar-refractivity contribution in [3.63, 3.8) is 0 Å². The molecule has 3 heterocycles. The molecule has 0 radical (unpaired) electrons. The van der Waals surface area contributed by atoms with Crippen LogP contribution in [-0.2, 0) is 26.1 Å². The topological polar surface area (TPSA) is 98.2 Å². The van der Waals surface area contributed by atoms with Gasteiger partial charge in [-0.1, -0.05) is 23.4 Å². The number of benzene rings is 2. The Hall–Kier alpha value is -3.72. The molecule has 0 unspecified atom stereocenters. The monoisotopic (exact) mass is 449 g/mol. The lowest BCUT2D eigenvalue weighted by Crippen LogP contribution is -2.29. The fourth-order valence-electron chi connectivity index (χ4n) is 3.86. The minimum absolute atomic E-state index is 0.0803. The predicted octanol–water partition coefficient (Wildman–Crippen LogP) is 3.16. The largest absolute Gasteiger partial charge is 0.495 e. The van der Waals surface area contributed by atoms with Gasteiger partial charge in [-0.15, -0.1) is 0 Å². The highest BCUT2D eigenvalue weighted by Crippen LogP contribution is 2.35. The number of carbonyl (C=O) groups excluding carboxylic acids is 1. The van der Waals surface area contributed by atoms with Gasteiger partial charge in [0.05, 0.1) is 41.7 Å². The number of hydrogen-bond acceptors (Lipinski definition) is 7. The zero-order chi connectivity index (χ0) is 22.3. The molecule has 9 heteroatoms. The van der Waals surface area contributed by atoms with Crippen molar-refractivity contribution >= 4 is 27.4 Å². The summed E-state index contributed by atoms with van der Waals surface area (Å²) in [5.41, 5.74) is 4.49. The molecule has 0 N–H and O–H groups in total. The highest BCUT2D eigenvalue weighted by Gasteiger charge is 2.31. The molecule has 3 aromatic rings. The average Bonchev–Trinajstić information content (AvgIpc) is 3.45. The molecule has 32 heavy (non-hydrogen) atoms. The van der Waals surface area contributed by atoms with Crippen molar-refractivity contribution in [2.45, 2.75) is 17.7 Å². The van der Waals surface area contributed by atoms with Gasteiger partial charge in [-0.25, -0.2) is 13.2 Å². The first kappa shape index (κ1) is 20.2. The third-order valence-electron chi connectivity index (χ3n) is 5.55. The van der Waals surface area contributed by atoms with E-state index in [4.69, 9.17) is 4.74 Å². The van der Waals surface area contributed by atoms with Crippen molar-refractivity contribution in [2.24, 2.45) is 5.16 Å². The molecule has 0 saturated carbocycles. The highest BCUT2D eigenvalue weighted by molar-refractivity contribution is 7.92. The third-order valence-corrected chi connectivity index (χ3v) is 7.37. The van der Waals surface area contributed by atoms with Crippen LogP contribution in [0.3, 0.4) is 0 Å². The Balaban J connectivity index is 1.41. The average molecular weight is 449 g/mol. The molecule has 0 fully saturated rings. The number of oxime groups is 1. The normalized spacial score (nSPS) is 15.3. The van der Waals surface area contributed by atoms with Crippen LogP contribution in [0.25, 0.3) is 11.3 Å². The maximum atomic E-state index is 13.3. The van der Waals surface area contributed by atoms with Gasteiger partial charge in [-0.2, -0.15) is 0 Å². The molecule has 2 aliphatic heterocycles. The molecule has 1 aromatic heterocycles. The highest BCUT2D eigenvalue weighted by atomic mass is 32.2. The van der Waals surface area contributed by atoms with E-state index in [9.17, 15) is 13.2 Å². The number of nitrogens with zero attached hydrogens (tertiary/aromatic N) is 3. The maximum Gasteiger partial charge on any atom is 0.341 e. The van der Waals surface area contributed by atoms with Crippen molar-refractivity contribution in [3.05, 3.63) is 71.9 Å². The summed E-state index contributed by atoms with van der Waals surface area (Å²) in [6, 6.07) is 15.7. The Morgan fingerprint density at radius 1 is 1.03 bits per heavy atom. The first-order valence-corrected chi connectivity index (χ1v) is 11.4. The minimum Gasteiger partial charge on any atom is -0.495 e. The number of carbonyl (C=O) groups is 1. The van der Waals surface area contributed by atoms with Gasteiger partial charge in [0.15, 0.2) is 0 Å². The summed E-state index contributed by atoms with van der Waals surface area (Å²) < 4.78 is 33.2. The summed E-state index contributed by atoms with van der Waals surface area (Å²) in [6.45, 7) is 0.369. The number of methoxy groups -OCH3 is 1. The number of anilines is 1. The van der Waals surface area contributed by atoms with E-state index < -0.39 is 16.0 Å². The van der Waals surface area contributed by atoms with Crippen LogP contribution in [0.2, 0.25) is 0 Å². The molecule has 0 atom stereocenters. The van der Waals surface area contributed by atoms with Gasteiger partial charge < -0.3 is 9.57 Å². The Labute approximate surface area is 185 Å². The van der Waals surface area contributed by atoms with Crippen molar-refractivity contribution in [2.75, 3.05) is 18.0 Å². The van der Waals surface area contributed by atoms with E-state index in [1.54, 1.807) is 25.4 Å². The molecular formula is C23H19N3O5S.